The summed E-state index contributed by atoms with van der Waals surface area (Å²) in [5, 5.41) is 0. The lowest BCUT2D eigenvalue weighted by molar-refractivity contribution is -0.0914. The molecule has 0 saturated carbocycles. The summed E-state index contributed by atoms with van der Waals surface area (Å²) >= 11 is 0. The number of hydrogen-bond acceptors (Lipinski definition) is 1. The van der Waals surface area contributed by atoms with E-state index in [1.807, 2.05) is 13.0 Å². The summed E-state index contributed by atoms with van der Waals surface area (Å²) in [6, 6.07) is 0. The number of rotatable bonds is 3. The van der Waals surface area contributed by atoms with E-state index >= 15 is 0 Å². The van der Waals surface area contributed by atoms with Gasteiger partial charge in [0.05, 0.1) is 0 Å². The molecule has 0 aliphatic rings. The number of nitrogens with zero attached hydrogens (tertiary/aromatic N) is 1. The Hall–Kier alpha value is -1.06. The molecule has 0 bridgehead atoms. The quantitative estimate of drug-likeness (QED) is 0.478. The lowest BCUT2D eigenvalue weighted by atomic mass is 10.3. The van der Waals surface area contributed by atoms with Crippen LogP contribution >= 0.6 is 0 Å². The van der Waals surface area contributed by atoms with Gasteiger partial charge >= 0.3 is 6.18 Å². The van der Waals surface area contributed by atoms with E-state index in [2.05, 4.69) is 4.99 Å². The van der Waals surface area contributed by atoms with E-state index in [1.54, 1.807) is 6.08 Å². The van der Waals surface area contributed by atoms with Crippen LogP contribution in [0.4, 0.5) is 13.2 Å². The fourth-order valence-corrected chi connectivity index (χ4v) is 0.495. The highest BCUT2D eigenvalue weighted by molar-refractivity contribution is 5.60. The highest BCUT2D eigenvalue weighted by Crippen LogP contribution is 2.24. The van der Waals surface area contributed by atoms with Crippen LogP contribution < -0.4 is 0 Å². The number of aliphatic imine (C=N–C) groups is 1. The second-order valence-corrected chi connectivity index (χ2v) is 2.45. The van der Waals surface area contributed by atoms with Crippen LogP contribution in [0.3, 0.4) is 0 Å². The molecule has 0 atom stereocenters. The number of alkyl halides is 3. The maximum atomic E-state index is 11.9. The van der Waals surface area contributed by atoms with E-state index in [-0.39, 0.29) is 0 Å². The van der Waals surface area contributed by atoms with Gasteiger partial charge in [0.1, 0.15) is 0 Å². The predicted molar refractivity (Wildman–Crippen MR) is 47.7 cm³/mol. The molecule has 4 heteroatoms. The smallest absolute Gasteiger partial charge is 0.268 e. The van der Waals surface area contributed by atoms with Crippen LogP contribution in [0.5, 0.6) is 0 Å². The third-order valence-corrected chi connectivity index (χ3v) is 1.30. The van der Waals surface area contributed by atoms with Gasteiger partial charge in [0.25, 0.3) is 0 Å². The van der Waals surface area contributed by atoms with E-state index in [1.165, 1.54) is 6.21 Å². The molecule has 0 aromatic carbocycles. The average molecular weight is 191 g/mol. The lowest BCUT2D eigenvalue weighted by Crippen LogP contribution is -2.08. The van der Waals surface area contributed by atoms with E-state index < -0.39 is 11.7 Å². The van der Waals surface area contributed by atoms with E-state index in [0.717, 1.165) is 13.1 Å². The minimum Gasteiger partial charge on any atom is -0.268 e. The van der Waals surface area contributed by atoms with Gasteiger partial charge in [0.15, 0.2) is 0 Å². The summed E-state index contributed by atoms with van der Waals surface area (Å²) in [5.41, 5.74) is -0.691. The normalized spacial score (nSPS) is 14.7. The molecule has 0 fully saturated rings. The summed E-state index contributed by atoms with van der Waals surface area (Å²) in [6.45, 7) is 2.83. The summed E-state index contributed by atoms with van der Waals surface area (Å²) in [6.07, 6.45) is 2.15. The Morgan fingerprint density at radius 3 is 2.46 bits per heavy atom. The molecule has 0 amide bonds. The van der Waals surface area contributed by atoms with Gasteiger partial charge in [-0.2, -0.15) is 13.2 Å². The summed E-state index contributed by atoms with van der Waals surface area (Å²) < 4.78 is 35.6. The van der Waals surface area contributed by atoms with Crippen molar-refractivity contribution in [3.63, 3.8) is 0 Å². The standard InChI is InChI=1S/C9H12F3N/c1-3-4-5-6-13-7-8(2)9(10,11)12/h3-4,6-7H,5H2,1-2H3/b4-3-,8-7+,13-6?. The maximum absolute atomic E-state index is 11.9. The Morgan fingerprint density at radius 1 is 1.38 bits per heavy atom. The van der Waals surface area contributed by atoms with Crippen LogP contribution in [-0.2, 0) is 0 Å². The first kappa shape index (κ1) is 11.9. The molecule has 0 radical (unpaired) electrons. The van der Waals surface area contributed by atoms with Crippen molar-refractivity contribution in [3.05, 3.63) is 23.9 Å². The summed E-state index contributed by atoms with van der Waals surface area (Å²) in [5.74, 6) is 0. The topological polar surface area (TPSA) is 12.4 Å². The number of allylic oxidation sites excluding steroid dienone is 3. The fourth-order valence-electron chi connectivity index (χ4n) is 0.495. The van der Waals surface area contributed by atoms with Crippen LogP contribution in [0.1, 0.15) is 20.3 Å². The van der Waals surface area contributed by atoms with Crippen molar-refractivity contribution >= 4 is 6.21 Å². The molecule has 74 valence electrons. The van der Waals surface area contributed by atoms with Crippen LogP contribution in [0.2, 0.25) is 0 Å². The van der Waals surface area contributed by atoms with Crippen LogP contribution in [0.25, 0.3) is 0 Å². The molecule has 0 aliphatic heterocycles. The lowest BCUT2D eigenvalue weighted by Gasteiger charge is -2.03. The van der Waals surface area contributed by atoms with Gasteiger partial charge in [0, 0.05) is 24.4 Å². The molecule has 0 saturated heterocycles. The molecule has 0 aromatic heterocycles. The van der Waals surface area contributed by atoms with E-state index in [4.69, 9.17) is 0 Å². The molecule has 0 spiro atoms. The minimum atomic E-state index is -4.27. The largest absolute Gasteiger partial charge is 0.413 e. The SMILES string of the molecule is C/C=C\CC=N/C=C(\C)C(F)(F)F. The Morgan fingerprint density at radius 2 is 2.00 bits per heavy atom. The molecular weight excluding hydrogens is 179 g/mol. The van der Waals surface area contributed by atoms with Crippen molar-refractivity contribution in [2.24, 2.45) is 4.99 Å². The first-order chi connectivity index (χ1) is 5.98. The first-order valence-electron chi connectivity index (χ1n) is 3.85. The van der Waals surface area contributed by atoms with Crippen molar-refractivity contribution in [1.29, 1.82) is 0 Å². The minimum absolute atomic E-state index is 0.554. The van der Waals surface area contributed by atoms with Crippen molar-refractivity contribution in [3.8, 4) is 0 Å². The van der Waals surface area contributed by atoms with E-state index in [9.17, 15) is 13.2 Å². The predicted octanol–water partition coefficient (Wildman–Crippen LogP) is 3.49. The maximum Gasteiger partial charge on any atom is 0.413 e. The molecule has 0 aliphatic carbocycles. The van der Waals surface area contributed by atoms with Gasteiger partial charge in [-0.05, 0) is 13.8 Å². The fraction of sp³-hybridized carbons (Fsp3) is 0.444. The number of hydrogen-bond donors (Lipinski definition) is 0. The van der Waals surface area contributed by atoms with Crippen LogP contribution in [0, 0.1) is 0 Å². The zero-order chi connectivity index (χ0) is 10.3. The number of halogens is 3. The van der Waals surface area contributed by atoms with Gasteiger partial charge in [0.2, 0.25) is 0 Å². The zero-order valence-electron chi connectivity index (χ0n) is 7.60. The highest BCUT2D eigenvalue weighted by Gasteiger charge is 2.29. The second-order valence-electron chi connectivity index (χ2n) is 2.45. The molecule has 0 aromatic rings. The average Bonchev–Trinajstić information content (AvgIpc) is 2.02. The van der Waals surface area contributed by atoms with Crippen molar-refractivity contribution in [2.45, 2.75) is 26.4 Å². The zero-order valence-corrected chi connectivity index (χ0v) is 7.60. The molecule has 1 nitrogen and oxygen atoms in total. The van der Waals surface area contributed by atoms with Gasteiger partial charge in [-0.1, -0.05) is 12.2 Å². The Labute approximate surface area is 75.7 Å². The summed E-state index contributed by atoms with van der Waals surface area (Å²) in [7, 11) is 0. The first-order valence-corrected chi connectivity index (χ1v) is 3.85. The Balaban J connectivity index is 4.04. The summed E-state index contributed by atoms with van der Waals surface area (Å²) in [4.78, 5) is 3.52. The molecule has 0 unspecified atom stereocenters. The molecule has 0 rings (SSSR count). The molecular formula is C9H12F3N. The molecule has 13 heavy (non-hydrogen) atoms. The van der Waals surface area contributed by atoms with Gasteiger partial charge in [-0.25, -0.2) is 0 Å². The van der Waals surface area contributed by atoms with Gasteiger partial charge in [-0.15, -0.1) is 0 Å². The van der Waals surface area contributed by atoms with Crippen molar-refractivity contribution in [1.82, 2.24) is 0 Å². The monoisotopic (exact) mass is 191 g/mol. The molecule has 0 N–H and O–H groups in total. The third-order valence-electron chi connectivity index (χ3n) is 1.30. The third kappa shape index (κ3) is 6.13. The van der Waals surface area contributed by atoms with Crippen LogP contribution in [0.15, 0.2) is 28.9 Å². The molecule has 0 heterocycles. The highest BCUT2D eigenvalue weighted by atomic mass is 19.4. The van der Waals surface area contributed by atoms with Crippen LogP contribution in [-0.4, -0.2) is 12.4 Å². The Bertz CT molecular complexity index is 224. The van der Waals surface area contributed by atoms with Gasteiger partial charge in [-0.3, -0.25) is 4.99 Å². The Kier molecular flexibility index (Phi) is 5.11. The van der Waals surface area contributed by atoms with Crippen molar-refractivity contribution in [2.75, 3.05) is 0 Å². The van der Waals surface area contributed by atoms with Gasteiger partial charge < -0.3 is 0 Å². The van der Waals surface area contributed by atoms with Crippen molar-refractivity contribution < 1.29 is 13.2 Å². The second kappa shape index (κ2) is 5.56. The van der Waals surface area contributed by atoms with E-state index in [0.29, 0.717) is 6.42 Å².